The van der Waals surface area contributed by atoms with Crippen molar-refractivity contribution < 1.29 is 13.6 Å². The van der Waals surface area contributed by atoms with Crippen molar-refractivity contribution in [2.24, 2.45) is 0 Å². The Labute approximate surface area is 132 Å². The molecule has 6 nitrogen and oxygen atoms in total. The van der Waals surface area contributed by atoms with Crippen molar-refractivity contribution in [2.45, 2.75) is 18.5 Å². The molecule has 23 heavy (non-hydrogen) atoms. The molecule has 3 rings (SSSR count). The second-order valence-corrected chi connectivity index (χ2v) is 5.39. The van der Waals surface area contributed by atoms with E-state index in [1.807, 2.05) is 6.07 Å². The monoisotopic (exact) mass is 314 g/mol. The first-order valence-corrected chi connectivity index (χ1v) is 7.26. The van der Waals surface area contributed by atoms with Crippen LogP contribution in [0.2, 0.25) is 0 Å². The van der Waals surface area contributed by atoms with Gasteiger partial charge >= 0.3 is 5.91 Å². The number of nitriles is 1. The highest BCUT2D eigenvalue weighted by atomic mass is 19.1. The van der Waals surface area contributed by atoms with Crippen molar-refractivity contribution in [2.75, 3.05) is 13.2 Å². The first-order chi connectivity index (χ1) is 11.2. The molecule has 118 valence electrons. The molecule has 1 amide bonds. The standard InChI is InChI=1S/C16H15FN4O2/c17-6-12-5-13(8-19-12)21-15(22)16-20-9-14(23-16)11-3-1-2-10(4-11)7-18/h1-4,9,12-13,19H,5-6,8H2,(H,21,22)/t12-,13+/m0/s1. The average Bonchev–Trinajstić information content (AvgIpc) is 3.24. The normalized spacial score (nSPS) is 20.2. The van der Waals surface area contributed by atoms with Gasteiger partial charge in [0.2, 0.25) is 0 Å². The number of rotatable bonds is 4. The zero-order chi connectivity index (χ0) is 16.2. The van der Waals surface area contributed by atoms with Crippen molar-refractivity contribution in [1.82, 2.24) is 15.6 Å². The van der Waals surface area contributed by atoms with Gasteiger partial charge in [-0.1, -0.05) is 12.1 Å². The molecule has 0 bridgehead atoms. The number of nitrogens with zero attached hydrogens (tertiary/aromatic N) is 2. The van der Waals surface area contributed by atoms with Crippen molar-refractivity contribution in [3.05, 3.63) is 41.9 Å². The van der Waals surface area contributed by atoms with Crippen LogP contribution in [0.1, 0.15) is 22.7 Å². The summed E-state index contributed by atoms with van der Waals surface area (Å²) in [4.78, 5) is 16.1. The molecule has 1 aromatic carbocycles. The number of carbonyl (C=O) groups excluding carboxylic acids is 1. The van der Waals surface area contributed by atoms with Gasteiger partial charge in [-0.3, -0.25) is 4.79 Å². The number of nitrogens with one attached hydrogen (secondary N) is 2. The van der Waals surface area contributed by atoms with Crippen LogP contribution in [0.3, 0.4) is 0 Å². The number of oxazole rings is 1. The van der Waals surface area contributed by atoms with E-state index in [-0.39, 0.29) is 18.0 Å². The lowest BCUT2D eigenvalue weighted by molar-refractivity contribution is 0.0905. The minimum absolute atomic E-state index is 0.0499. The molecule has 1 saturated heterocycles. The van der Waals surface area contributed by atoms with E-state index in [0.717, 1.165) is 0 Å². The van der Waals surface area contributed by atoms with Crippen LogP contribution >= 0.6 is 0 Å². The van der Waals surface area contributed by atoms with Gasteiger partial charge in [0, 0.05) is 24.2 Å². The maximum atomic E-state index is 12.6. The van der Waals surface area contributed by atoms with Gasteiger partial charge in [0.15, 0.2) is 5.76 Å². The third-order valence-corrected chi connectivity index (χ3v) is 3.72. The van der Waals surface area contributed by atoms with Gasteiger partial charge in [0.1, 0.15) is 6.67 Å². The number of amides is 1. The van der Waals surface area contributed by atoms with Crippen LogP contribution in [-0.2, 0) is 0 Å². The van der Waals surface area contributed by atoms with E-state index in [1.54, 1.807) is 24.3 Å². The van der Waals surface area contributed by atoms with Crippen LogP contribution in [0.25, 0.3) is 11.3 Å². The fourth-order valence-corrected chi connectivity index (χ4v) is 2.55. The average molecular weight is 314 g/mol. The lowest BCUT2D eigenvalue weighted by Gasteiger charge is -2.09. The molecule has 1 aromatic heterocycles. The van der Waals surface area contributed by atoms with E-state index in [4.69, 9.17) is 9.68 Å². The number of benzene rings is 1. The Morgan fingerprint density at radius 2 is 2.43 bits per heavy atom. The molecule has 1 fully saturated rings. The summed E-state index contributed by atoms with van der Waals surface area (Å²) in [5, 5.41) is 14.7. The Kier molecular flexibility index (Phi) is 4.35. The van der Waals surface area contributed by atoms with E-state index >= 15 is 0 Å². The summed E-state index contributed by atoms with van der Waals surface area (Å²) in [6, 6.07) is 8.54. The summed E-state index contributed by atoms with van der Waals surface area (Å²) >= 11 is 0. The molecule has 2 N–H and O–H groups in total. The first-order valence-electron chi connectivity index (χ1n) is 7.26. The minimum atomic E-state index is -0.454. The van der Waals surface area contributed by atoms with Crippen molar-refractivity contribution >= 4 is 5.91 Å². The van der Waals surface area contributed by atoms with Gasteiger partial charge in [-0.2, -0.15) is 5.26 Å². The van der Waals surface area contributed by atoms with Crippen molar-refractivity contribution in [3.63, 3.8) is 0 Å². The molecular formula is C16H15FN4O2. The zero-order valence-electron chi connectivity index (χ0n) is 12.3. The van der Waals surface area contributed by atoms with Crippen LogP contribution in [-0.4, -0.2) is 36.2 Å². The molecule has 0 spiro atoms. The predicted octanol–water partition coefficient (Wildman–Crippen LogP) is 1.64. The van der Waals surface area contributed by atoms with Gasteiger partial charge in [-0.05, 0) is 18.6 Å². The van der Waals surface area contributed by atoms with Crippen LogP contribution in [0.15, 0.2) is 34.9 Å². The van der Waals surface area contributed by atoms with E-state index in [0.29, 0.717) is 29.9 Å². The highest BCUT2D eigenvalue weighted by molar-refractivity contribution is 5.90. The molecule has 0 unspecified atom stereocenters. The maximum absolute atomic E-state index is 12.6. The Morgan fingerprint density at radius 3 is 3.17 bits per heavy atom. The molecular weight excluding hydrogens is 299 g/mol. The van der Waals surface area contributed by atoms with Gasteiger partial charge < -0.3 is 15.1 Å². The third kappa shape index (κ3) is 3.38. The molecule has 1 aliphatic rings. The molecule has 0 radical (unpaired) electrons. The highest BCUT2D eigenvalue weighted by Gasteiger charge is 2.26. The van der Waals surface area contributed by atoms with Crippen molar-refractivity contribution in [1.29, 1.82) is 5.26 Å². The fraction of sp³-hybridized carbons (Fsp3) is 0.312. The van der Waals surface area contributed by atoms with Crippen LogP contribution < -0.4 is 10.6 Å². The summed E-state index contributed by atoms with van der Waals surface area (Å²) in [6.07, 6.45) is 1.99. The third-order valence-electron chi connectivity index (χ3n) is 3.72. The summed E-state index contributed by atoms with van der Waals surface area (Å²) in [5.41, 5.74) is 1.18. The Balaban J connectivity index is 1.69. The Hall–Kier alpha value is -2.72. The zero-order valence-corrected chi connectivity index (χ0v) is 12.3. The SMILES string of the molecule is N#Cc1cccc(-c2cnc(C(=O)N[C@H]3CN[C@H](CF)C3)o2)c1. The van der Waals surface area contributed by atoms with Gasteiger partial charge in [0.25, 0.3) is 5.89 Å². The molecule has 0 saturated carbocycles. The van der Waals surface area contributed by atoms with E-state index in [1.165, 1.54) is 6.20 Å². The molecule has 1 aliphatic heterocycles. The number of hydrogen-bond acceptors (Lipinski definition) is 5. The minimum Gasteiger partial charge on any atom is -0.432 e. The van der Waals surface area contributed by atoms with Crippen LogP contribution in [0.4, 0.5) is 4.39 Å². The summed E-state index contributed by atoms with van der Waals surface area (Å²) in [5.74, 6) is -0.0662. The molecule has 0 aliphatic carbocycles. The quantitative estimate of drug-likeness (QED) is 0.895. The van der Waals surface area contributed by atoms with Gasteiger partial charge in [-0.15, -0.1) is 0 Å². The number of hydrogen-bond donors (Lipinski definition) is 2. The highest BCUT2D eigenvalue weighted by Crippen LogP contribution is 2.21. The molecule has 7 heteroatoms. The van der Waals surface area contributed by atoms with E-state index in [9.17, 15) is 9.18 Å². The molecule has 2 atom stereocenters. The lowest BCUT2D eigenvalue weighted by Crippen LogP contribution is -2.36. The Bertz CT molecular complexity index is 753. The van der Waals surface area contributed by atoms with Crippen molar-refractivity contribution in [3.8, 4) is 17.4 Å². The van der Waals surface area contributed by atoms with Crippen LogP contribution in [0.5, 0.6) is 0 Å². The maximum Gasteiger partial charge on any atom is 0.307 e. The second-order valence-electron chi connectivity index (χ2n) is 5.39. The largest absolute Gasteiger partial charge is 0.432 e. The fourth-order valence-electron chi connectivity index (χ4n) is 2.55. The number of halogens is 1. The number of aromatic nitrogens is 1. The molecule has 2 heterocycles. The Morgan fingerprint density at radius 1 is 1.57 bits per heavy atom. The number of carbonyl (C=O) groups is 1. The predicted molar refractivity (Wildman–Crippen MR) is 80.3 cm³/mol. The van der Waals surface area contributed by atoms with Gasteiger partial charge in [0.05, 0.1) is 17.8 Å². The summed E-state index contributed by atoms with van der Waals surface area (Å²) < 4.78 is 18.0. The van der Waals surface area contributed by atoms with Crippen LogP contribution in [0, 0.1) is 11.3 Å². The van der Waals surface area contributed by atoms with E-state index < -0.39 is 12.6 Å². The smallest absolute Gasteiger partial charge is 0.307 e. The van der Waals surface area contributed by atoms with Gasteiger partial charge in [-0.25, -0.2) is 9.37 Å². The molecule has 2 aromatic rings. The number of alkyl halides is 1. The lowest BCUT2D eigenvalue weighted by atomic mass is 10.1. The first kappa shape index (κ1) is 15.2. The second kappa shape index (κ2) is 6.58. The summed E-state index contributed by atoms with van der Waals surface area (Å²) in [7, 11) is 0. The topological polar surface area (TPSA) is 91.0 Å². The summed E-state index contributed by atoms with van der Waals surface area (Å²) in [6.45, 7) is 0.0723. The van der Waals surface area contributed by atoms with E-state index in [2.05, 4.69) is 15.6 Å².